The van der Waals surface area contributed by atoms with E-state index in [1.807, 2.05) is 0 Å². The van der Waals surface area contributed by atoms with E-state index in [4.69, 9.17) is 9.66 Å². The Morgan fingerprint density at radius 2 is 1.88 bits per heavy atom. The second kappa shape index (κ2) is 4.68. The van der Waals surface area contributed by atoms with E-state index in [-0.39, 0.29) is 29.6 Å². The van der Waals surface area contributed by atoms with E-state index < -0.39 is 17.0 Å². The summed E-state index contributed by atoms with van der Waals surface area (Å²) in [5, 5.41) is 7.75. The molecule has 3 N–H and O–H groups in total. The zero-order valence-electron chi connectivity index (χ0n) is 3.33. The molecule has 0 spiro atoms. The van der Waals surface area contributed by atoms with Gasteiger partial charge in [-0.1, -0.05) is 0 Å². The summed E-state index contributed by atoms with van der Waals surface area (Å²) in [5.74, 6) is 0. The van der Waals surface area contributed by atoms with Crippen LogP contribution in [0.15, 0.2) is 0 Å². The van der Waals surface area contributed by atoms with E-state index in [9.17, 15) is 8.42 Å². The van der Waals surface area contributed by atoms with Gasteiger partial charge in [0.15, 0.2) is 0 Å². The first-order chi connectivity index (χ1) is 3.06. The van der Waals surface area contributed by atoms with Crippen LogP contribution in [0.4, 0.5) is 0 Å². The number of aliphatic hydroxyl groups is 1. The maximum atomic E-state index is 9.52. The van der Waals surface area contributed by atoms with Crippen molar-refractivity contribution in [3.05, 3.63) is 0 Å². The summed E-state index contributed by atoms with van der Waals surface area (Å²) in [6.45, 7) is -0.779. The first-order valence-corrected chi connectivity index (χ1v) is 2.83. The average Bonchev–Trinajstić information content (AvgIpc) is 1.30. The minimum atomic E-state index is -4.17. The van der Waals surface area contributed by atoms with Crippen molar-refractivity contribution in [1.29, 1.82) is 0 Å². The average molecular weight is 151 g/mol. The third-order valence-corrected chi connectivity index (χ3v) is 0.741. The topological polar surface area (TPSA) is 86.6 Å². The van der Waals surface area contributed by atoms with Crippen LogP contribution in [0.1, 0.15) is 0 Å². The Morgan fingerprint density at radius 1 is 1.50 bits per heavy atom. The summed E-state index contributed by atoms with van der Waals surface area (Å²) in [5.41, 5.74) is 0. The van der Waals surface area contributed by atoms with Gasteiger partial charge in [0.2, 0.25) is 0 Å². The molecule has 0 atom stereocenters. The van der Waals surface area contributed by atoms with Gasteiger partial charge in [0, 0.05) is 0 Å². The van der Waals surface area contributed by atoms with E-state index in [0.29, 0.717) is 0 Å². The van der Waals surface area contributed by atoms with Crippen LogP contribution in [0, 0.1) is 0 Å². The summed E-state index contributed by atoms with van der Waals surface area (Å²) in [6, 6.07) is 0. The second-order valence-corrected chi connectivity index (χ2v) is 2.02. The molecule has 0 saturated carbocycles. The Labute approximate surface area is 69.3 Å². The molecule has 0 unspecified atom stereocenters. The maximum absolute atomic E-state index is 9.52. The van der Waals surface area contributed by atoms with Gasteiger partial charge in [-0.05, 0) is 0 Å². The monoisotopic (exact) mass is 151 g/mol. The molecule has 0 rings (SSSR count). The summed E-state index contributed by atoms with van der Waals surface area (Å²) >= 11 is 0. The van der Waals surface area contributed by atoms with Crippen LogP contribution in [0.25, 0.3) is 0 Å². The van der Waals surface area contributed by atoms with Gasteiger partial charge in [-0.15, -0.1) is 0 Å². The van der Waals surface area contributed by atoms with E-state index in [1.54, 1.807) is 0 Å². The molecule has 7 heteroatoms. The molecule has 0 aliphatic rings. The molecule has 0 amide bonds. The normalized spacial score (nSPS) is 10.2. The van der Waals surface area contributed by atoms with Crippen molar-refractivity contribution < 1.29 is 18.1 Å². The van der Waals surface area contributed by atoms with Gasteiger partial charge in [-0.25, -0.2) is 0 Å². The molecule has 0 aliphatic heterocycles. The minimum absolute atomic E-state index is 0. The van der Waals surface area contributed by atoms with Crippen LogP contribution in [0.3, 0.4) is 0 Å². The Bertz CT molecular complexity index is 129. The Kier molecular flexibility index (Phi) is 6.80. The third kappa shape index (κ3) is 9.95. The first-order valence-electron chi connectivity index (χ1n) is 1.39. The molecule has 0 fully saturated rings. The molecule has 0 heterocycles. The number of aliphatic hydroxyl groups excluding tert-OH is 1. The molecule has 0 aliphatic carbocycles. The van der Waals surface area contributed by atoms with Crippen molar-refractivity contribution >= 4 is 39.9 Å². The molecular weight excluding hydrogens is 145 g/mol. The zero-order valence-corrected chi connectivity index (χ0v) is 4.14. The second-order valence-electron chi connectivity index (χ2n) is 0.778. The van der Waals surface area contributed by atoms with Crippen LogP contribution < -0.4 is 4.72 Å². The quantitative estimate of drug-likeness (QED) is 0.235. The van der Waals surface area contributed by atoms with E-state index in [2.05, 4.69) is 0 Å². The first kappa shape index (κ1) is 11.6. The molecule has 0 aromatic heterocycles. The number of nitrogens with one attached hydrogen (secondary N) is 1. The Hall–Kier alpha value is 0.830. The van der Waals surface area contributed by atoms with Crippen molar-refractivity contribution in [1.82, 2.24) is 4.72 Å². The van der Waals surface area contributed by atoms with E-state index in [1.165, 1.54) is 4.72 Å². The van der Waals surface area contributed by atoms with E-state index in [0.717, 1.165) is 0 Å². The summed E-state index contributed by atoms with van der Waals surface area (Å²) in [7, 11) is -4.17. The van der Waals surface area contributed by atoms with Gasteiger partial charge < -0.3 is 5.11 Å². The molecular formula is CH6NNaO4S. The van der Waals surface area contributed by atoms with Crippen LogP contribution in [-0.2, 0) is 10.3 Å². The van der Waals surface area contributed by atoms with E-state index >= 15 is 0 Å². The van der Waals surface area contributed by atoms with Gasteiger partial charge in [-0.3, -0.25) is 4.55 Å². The van der Waals surface area contributed by atoms with Gasteiger partial charge in [0.25, 0.3) is 0 Å². The van der Waals surface area contributed by atoms with Crippen LogP contribution in [0.5, 0.6) is 0 Å². The van der Waals surface area contributed by atoms with Crippen molar-refractivity contribution in [3.8, 4) is 0 Å². The van der Waals surface area contributed by atoms with Gasteiger partial charge >= 0.3 is 39.9 Å². The van der Waals surface area contributed by atoms with Crippen molar-refractivity contribution in [2.45, 2.75) is 0 Å². The fraction of sp³-hybridized carbons (Fsp3) is 1.00. The molecule has 46 valence electrons. The fourth-order valence-electron chi connectivity index (χ4n) is 0.0816. The number of hydrogen-bond donors (Lipinski definition) is 3. The Morgan fingerprint density at radius 3 is 1.88 bits per heavy atom. The standard InChI is InChI=1S/CH5NO4S.Na.H/c3-1-2-7(4,5)6;;/h2-3H,1H2,(H,4,5,6);;. The summed E-state index contributed by atoms with van der Waals surface area (Å²) < 4.78 is 28.1. The zero-order chi connectivity index (χ0) is 5.91. The molecule has 8 heavy (non-hydrogen) atoms. The number of hydrogen-bond acceptors (Lipinski definition) is 3. The molecule has 0 bridgehead atoms. The van der Waals surface area contributed by atoms with Gasteiger partial charge in [-0.2, -0.15) is 13.1 Å². The molecule has 0 aromatic carbocycles. The van der Waals surface area contributed by atoms with Crippen molar-refractivity contribution in [2.75, 3.05) is 6.73 Å². The summed E-state index contributed by atoms with van der Waals surface area (Å²) in [4.78, 5) is 0. The van der Waals surface area contributed by atoms with Gasteiger partial charge in [0.05, 0.1) is 0 Å². The van der Waals surface area contributed by atoms with Crippen LogP contribution in [0.2, 0.25) is 0 Å². The number of rotatable bonds is 2. The summed E-state index contributed by atoms with van der Waals surface area (Å²) in [6.07, 6.45) is 0. The molecule has 0 saturated heterocycles. The van der Waals surface area contributed by atoms with Crippen LogP contribution in [-0.4, -0.2) is 54.4 Å². The van der Waals surface area contributed by atoms with Gasteiger partial charge in [0.1, 0.15) is 6.73 Å². The predicted octanol–water partition coefficient (Wildman–Crippen LogP) is -2.32. The van der Waals surface area contributed by atoms with Crippen LogP contribution >= 0.6 is 0 Å². The molecule has 0 radical (unpaired) electrons. The van der Waals surface area contributed by atoms with Crippen molar-refractivity contribution in [3.63, 3.8) is 0 Å². The SMILES string of the molecule is O=S(=O)(O)NCO.[NaH]. The van der Waals surface area contributed by atoms with Crippen molar-refractivity contribution in [2.24, 2.45) is 0 Å². The molecule has 5 nitrogen and oxygen atoms in total. The fourth-order valence-corrected chi connectivity index (χ4v) is 0.245. The molecule has 0 aromatic rings. The third-order valence-electron chi connectivity index (χ3n) is 0.247. The Balaban J connectivity index is 0. The predicted molar refractivity (Wildman–Crippen MR) is 28.9 cm³/mol.